The second-order valence-electron chi connectivity index (χ2n) is 8.12. The predicted molar refractivity (Wildman–Crippen MR) is 139 cm³/mol. The highest BCUT2D eigenvalue weighted by molar-refractivity contribution is 14.0. The van der Waals surface area contributed by atoms with E-state index < -0.39 is 5.60 Å². The highest BCUT2D eigenvalue weighted by Gasteiger charge is 2.24. The highest BCUT2D eigenvalue weighted by atomic mass is 127. The average molecular weight is 559 g/mol. The Hall–Kier alpha value is -1.20. The van der Waals surface area contributed by atoms with Gasteiger partial charge in [0, 0.05) is 31.1 Å². The summed E-state index contributed by atoms with van der Waals surface area (Å²) in [4.78, 5) is 8.00. The summed E-state index contributed by atoms with van der Waals surface area (Å²) in [6.45, 7) is 8.42. The number of aliphatic hydroxyl groups is 2. The first-order valence-electron chi connectivity index (χ1n) is 10.7. The van der Waals surface area contributed by atoms with E-state index >= 15 is 0 Å². The highest BCUT2D eigenvalue weighted by Crippen LogP contribution is 2.24. The van der Waals surface area contributed by atoms with Gasteiger partial charge in [0.05, 0.1) is 19.2 Å². The number of rotatable bonds is 8. The number of halogens is 1. The number of nitrogens with one attached hydrogen (secondary N) is 2. The zero-order valence-electron chi connectivity index (χ0n) is 18.4. The minimum Gasteiger partial charge on any atom is -0.393 e. The maximum absolute atomic E-state index is 10.7. The van der Waals surface area contributed by atoms with Gasteiger partial charge in [-0.2, -0.15) is 0 Å². The second-order valence-corrected chi connectivity index (χ2v) is 9.07. The van der Waals surface area contributed by atoms with Gasteiger partial charge in [-0.3, -0.25) is 4.90 Å². The quantitative estimate of drug-likeness (QED) is 0.227. The molecule has 31 heavy (non-hydrogen) atoms. The predicted octanol–water partition coefficient (Wildman–Crippen LogP) is 3.29. The van der Waals surface area contributed by atoms with Crippen LogP contribution >= 0.6 is 35.3 Å². The molecule has 8 heteroatoms. The van der Waals surface area contributed by atoms with E-state index in [-0.39, 0.29) is 30.1 Å². The maximum atomic E-state index is 10.7. The molecule has 2 heterocycles. The molecule has 1 unspecified atom stereocenters. The molecule has 1 atom stereocenters. The van der Waals surface area contributed by atoms with Crippen molar-refractivity contribution >= 4 is 41.3 Å². The lowest BCUT2D eigenvalue weighted by molar-refractivity contribution is 0.0655. The van der Waals surface area contributed by atoms with Gasteiger partial charge >= 0.3 is 0 Å². The molecule has 1 fully saturated rings. The van der Waals surface area contributed by atoms with Crippen LogP contribution in [-0.2, 0) is 18.7 Å². The number of aliphatic hydroxyl groups excluding tert-OH is 1. The van der Waals surface area contributed by atoms with Crippen LogP contribution in [0.1, 0.15) is 42.7 Å². The molecule has 2 aromatic rings. The molecule has 0 aliphatic carbocycles. The summed E-state index contributed by atoms with van der Waals surface area (Å²) in [7, 11) is 0. The van der Waals surface area contributed by atoms with Gasteiger partial charge in [0.1, 0.15) is 5.60 Å². The number of guanidine groups is 1. The lowest BCUT2D eigenvalue weighted by atomic mass is 10.1. The lowest BCUT2D eigenvalue weighted by Gasteiger charge is -2.29. The van der Waals surface area contributed by atoms with Gasteiger partial charge in [0.25, 0.3) is 0 Å². The van der Waals surface area contributed by atoms with Crippen molar-refractivity contribution in [2.45, 2.75) is 51.5 Å². The number of hydrogen-bond donors (Lipinski definition) is 4. The van der Waals surface area contributed by atoms with E-state index in [1.54, 1.807) is 11.3 Å². The van der Waals surface area contributed by atoms with Gasteiger partial charge in [-0.05, 0) is 49.3 Å². The number of thiophene rings is 1. The Bertz CT molecular complexity index is 788. The van der Waals surface area contributed by atoms with Crippen molar-refractivity contribution in [3.8, 4) is 0 Å². The summed E-state index contributed by atoms with van der Waals surface area (Å²) in [5.74, 6) is 0.699. The van der Waals surface area contributed by atoms with Crippen LogP contribution in [0.4, 0.5) is 0 Å². The number of benzene rings is 1. The number of piperidine rings is 1. The molecule has 1 saturated heterocycles. The largest absolute Gasteiger partial charge is 0.393 e. The topological polar surface area (TPSA) is 80.1 Å². The van der Waals surface area contributed by atoms with Crippen LogP contribution in [-0.4, -0.2) is 53.4 Å². The van der Waals surface area contributed by atoms with Crippen molar-refractivity contribution in [3.05, 3.63) is 57.8 Å². The average Bonchev–Trinajstić information content (AvgIpc) is 3.29. The Balaban J connectivity index is 0.00000341. The Morgan fingerprint density at radius 3 is 2.45 bits per heavy atom. The first kappa shape index (κ1) is 26.1. The third kappa shape index (κ3) is 8.34. The smallest absolute Gasteiger partial charge is 0.191 e. The maximum Gasteiger partial charge on any atom is 0.191 e. The number of nitrogens with zero attached hydrogens (tertiary/aromatic N) is 2. The van der Waals surface area contributed by atoms with Crippen molar-refractivity contribution in [2.75, 3.05) is 26.2 Å². The molecule has 1 aromatic heterocycles. The SMILES string of the molecule is CCNC(=NCc1ccc(CN2CCC(O)CC2)cc1)NCC(C)(O)c1cccs1.I. The molecule has 6 nitrogen and oxygen atoms in total. The van der Waals surface area contributed by atoms with Crippen LogP contribution in [0.5, 0.6) is 0 Å². The van der Waals surface area contributed by atoms with E-state index in [2.05, 4.69) is 44.8 Å². The van der Waals surface area contributed by atoms with E-state index in [9.17, 15) is 10.2 Å². The Morgan fingerprint density at radius 2 is 1.84 bits per heavy atom. The minimum atomic E-state index is -0.934. The molecular formula is C23H35IN4O2S. The van der Waals surface area contributed by atoms with Gasteiger partial charge in [0.2, 0.25) is 0 Å². The van der Waals surface area contributed by atoms with Gasteiger partial charge in [-0.1, -0.05) is 30.3 Å². The summed E-state index contributed by atoms with van der Waals surface area (Å²) >= 11 is 1.55. The lowest BCUT2D eigenvalue weighted by Crippen LogP contribution is -2.44. The third-order valence-corrected chi connectivity index (χ3v) is 6.53. The third-order valence-electron chi connectivity index (χ3n) is 5.40. The molecule has 1 aromatic carbocycles. The van der Waals surface area contributed by atoms with Crippen LogP contribution in [0.2, 0.25) is 0 Å². The van der Waals surface area contributed by atoms with Crippen LogP contribution in [0.15, 0.2) is 46.8 Å². The van der Waals surface area contributed by atoms with Crippen molar-refractivity contribution in [1.29, 1.82) is 0 Å². The van der Waals surface area contributed by atoms with Crippen molar-refractivity contribution in [2.24, 2.45) is 4.99 Å². The number of likely N-dealkylation sites (tertiary alicyclic amines) is 1. The summed E-state index contributed by atoms with van der Waals surface area (Å²) in [5.41, 5.74) is 1.50. The molecule has 0 amide bonds. The fourth-order valence-electron chi connectivity index (χ4n) is 3.53. The number of hydrogen-bond acceptors (Lipinski definition) is 5. The van der Waals surface area contributed by atoms with Crippen molar-refractivity contribution in [3.63, 3.8) is 0 Å². The Morgan fingerprint density at radius 1 is 1.16 bits per heavy atom. The van der Waals surface area contributed by atoms with Crippen molar-refractivity contribution < 1.29 is 10.2 Å². The second kappa shape index (κ2) is 12.7. The van der Waals surface area contributed by atoms with E-state index in [1.165, 1.54) is 5.56 Å². The number of aliphatic imine (C=N–C) groups is 1. The summed E-state index contributed by atoms with van der Waals surface area (Å²) in [5, 5.41) is 28.8. The Labute approximate surface area is 206 Å². The molecule has 0 bridgehead atoms. The fraction of sp³-hybridized carbons (Fsp3) is 0.522. The monoisotopic (exact) mass is 558 g/mol. The fourth-order valence-corrected chi connectivity index (χ4v) is 4.31. The minimum absolute atomic E-state index is 0. The van der Waals surface area contributed by atoms with Crippen LogP contribution < -0.4 is 10.6 Å². The van der Waals surface area contributed by atoms with E-state index in [1.807, 2.05) is 31.4 Å². The molecule has 1 aliphatic heterocycles. The van der Waals surface area contributed by atoms with E-state index in [0.717, 1.165) is 49.5 Å². The Kier molecular flexibility index (Phi) is 10.7. The summed E-state index contributed by atoms with van der Waals surface area (Å²) in [6.07, 6.45) is 1.61. The standard InChI is InChI=1S/C23H34N4O2S.HI/c1-3-24-22(26-17-23(2,29)21-5-4-14-30-21)25-15-18-6-8-19(9-7-18)16-27-12-10-20(28)11-13-27;/h4-9,14,20,28-29H,3,10-13,15-17H2,1-2H3,(H2,24,25,26);1H. The molecule has 172 valence electrons. The first-order chi connectivity index (χ1) is 14.5. The molecule has 3 rings (SSSR count). The molecular weight excluding hydrogens is 523 g/mol. The van der Waals surface area contributed by atoms with Crippen molar-refractivity contribution in [1.82, 2.24) is 15.5 Å². The zero-order valence-corrected chi connectivity index (χ0v) is 21.5. The van der Waals surface area contributed by atoms with E-state index in [0.29, 0.717) is 19.0 Å². The molecule has 0 saturated carbocycles. The molecule has 0 radical (unpaired) electrons. The van der Waals surface area contributed by atoms with Crippen LogP contribution in [0.3, 0.4) is 0 Å². The van der Waals surface area contributed by atoms with Crippen LogP contribution in [0, 0.1) is 0 Å². The van der Waals surface area contributed by atoms with Gasteiger partial charge < -0.3 is 20.8 Å². The molecule has 4 N–H and O–H groups in total. The van der Waals surface area contributed by atoms with Crippen LogP contribution in [0.25, 0.3) is 0 Å². The summed E-state index contributed by atoms with van der Waals surface area (Å²) < 4.78 is 0. The molecule has 0 spiro atoms. The van der Waals surface area contributed by atoms with Gasteiger partial charge in [-0.25, -0.2) is 4.99 Å². The molecule has 1 aliphatic rings. The van der Waals surface area contributed by atoms with Gasteiger partial charge in [0.15, 0.2) is 5.96 Å². The first-order valence-corrected chi connectivity index (χ1v) is 11.6. The normalized spacial score (nSPS) is 17.6. The van der Waals surface area contributed by atoms with E-state index in [4.69, 9.17) is 0 Å². The zero-order chi connectivity index (χ0) is 21.4. The van der Waals surface area contributed by atoms with Gasteiger partial charge in [-0.15, -0.1) is 35.3 Å². The summed E-state index contributed by atoms with van der Waals surface area (Å²) in [6, 6.07) is 12.5.